The van der Waals surface area contributed by atoms with Crippen molar-refractivity contribution >= 4 is 22.7 Å². The molecule has 6 heteroatoms. The van der Waals surface area contributed by atoms with Gasteiger partial charge >= 0.3 is 0 Å². The standard InChI is InChI=1S/C19H27N3O3/c1-6-10-20-18(23)12(3)21-19(24)17-13(4)22(7-2)16-9-8-14(25-5)11-15(16)17/h8-9,11-12H,6-7,10H2,1-5H3,(H,20,23)(H,21,24)/t12-/m1/s1. The van der Waals surface area contributed by atoms with E-state index < -0.39 is 6.04 Å². The lowest BCUT2D eigenvalue weighted by Crippen LogP contribution is -2.45. The van der Waals surface area contributed by atoms with Crippen LogP contribution in [0.3, 0.4) is 0 Å². The number of nitrogens with one attached hydrogen (secondary N) is 2. The van der Waals surface area contributed by atoms with Gasteiger partial charge in [0.1, 0.15) is 11.8 Å². The van der Waals surface area contributed by atoms with Crippen molar-refractivity contribution in [3.63, 3.8) is 0 Å². The number of hydrogen-bond donors (Lipinski definition) is 2. The van der Waals surface area contributed by atoms with Crippen LogP contribution in [-0.2, 0) is 11.3 Å². The molecule has 2 aromatic rings. The number of amides is 2. The van der Waals surface area contributed by atoms with Crippen molar-refractivity contribution in [3.05, 3.63) is 29.5 Å². The van der Waals surface area contributed by atoms with Crippen LogP contribution in [0.15, 0.2) is 18.2 Å². The molecule has 0 spiro atoms. The van der Waals surface area contributed by atoms with Crippen LogP contribution in [-0.4, -0.2) is 36.1 Å². The number of aryl methyl sites for hydroxylation is 1. The minimum atomic E-state index is -0.593. The highest BCUT2D eigenvalue weighted by molar-refractivity contribution is 6.09. The fraction of sp³-hybridized carbons (Fsp3) is 0.474. The monoisotopic (exact) mass is 345 g/mol. The molecular weight excluding hydrogens is 318 g/mol. The maximum Gasteiger partial charge on any atom is 0.254 e. The van der Waals surface area contributed by atoms with Gasteiger partial charge in [-0.05, 0) is 45.4 Å². The van der Waals surface area contributed by atoms with E-state index in [4.69, 9.17) is 4.74 Å². The lowest BCUT2D eigenvalue weighted by atomic mass is 10.1. The summed E-state index contributed by atoms with van der Waals surface area (Å²) in [6, 6.07) is 5.12. The average molecular weight is 345 g/mol. The first-order valence-electron chi connectivity index (χ1n) is 8.69. The highest BCUT2D eigenvalue weighted by Crippen LogP contribution is 2.29. The molecule has 0 saturated carbocycles. The molecule has 6 nitrogen and oxygen atoms in total. The first-order valence-corrected chi connectivity index (χ1v) is 8.69. The molecule has 0 unspecified atom stereocenters. The van der Waals surface area contributed by atoms with Crippen LogP contribution in [0.25, 0.3) is 10.9 Å². The van der Waals surface area contributed by atoms with Crippen molar-refractivity contribution in [1.82, 2.24) is 15.2 Å². The zero-order chi connectivity index (χ0) is 18.6. The number of methoxy groups -OCH3 is 1. The molecule has 2 amide bonds. The van der Waals surface area contributed by atoms with E-state index in [-0.39, 0.29) is 11.8 Å². The SMILES string of the molecule is CCCNC(=O)[C@@H](C)NC(=O)c1c(C)n(CC)c2ccc(OC)cc12. The quantitative estimate of drug-likeness (QED) is 0.810. The van der Waals surface area contributed by atoms with Crippen LogP contribution in [0.2, 0.25) is 0 Å². The zero-order valence-electron chi connectivity index (χ0n) is 15.6. The molecule has 0 aliphatic heterocycles. The molecule has 0 aliphatic carbocycles. The first-order chi connectivity index (χ1) is 11.9. The Balaban J connectivity index is 2.37. The van der Waals surface area contributed by atoms with Crippen LogP contribution in [0.5, 0.6) is 5.75 Å². The van der Waals surface area contributed by atoms with E-state index in [0.29, 0.717) is 17.9 Å². The number of hydrogen-bond acceptors (Lipinski definition) is 3. The van der Waals surface area contributed by atoms with Gasteiger partial charge < -0.3 is 19.9 Å². The van der Waals surface area contributed by atoms with E-state index >= 15 is 0 Å². The van der Waals surface area contributed by atoms with E-state index in [1.807, 2.05) is 39.0 Å². The molecule has 136 valence electrons. The molecule has 0 bridgehead atoms. The third-order valence-corrected chi connectivity index (χ3v) is 4.36. The Bertz CT molecular complexity index is 780. The van der Waals surface area contributed by atoms with Crippen molar-refractivity contribution in [2.24, 2.45) is 0 Å². The van der Waals surface area contributed by atoms with Gasteiger partial charge in [-0.15, -0.1) is 0 Å². The second-order valence-electron chi connectivity index (χ2n) is 6.07. The fourth-order valence-electron chi connectivity index (χ4n) is 3.02. The van der Waals surface area contributed by atoms with Gasteiger partial charge in [-0.3, -0.25) is 9.59 Å². The second kappa shape index (κ2) is 8.05. The second-order valence-corrected chi connectivity index (χ2v) is 6.07. The zero-order valence-corrected chi connectivity index (χ0v) is 15.6. The van der Waals surface area contributed by atoms with Gasteiger partial charge in [0, 0.05) is 29.7 Å². The molecule has 1 atom stereocenters. The topological polar surface area (TPSA) is 72.4 Å². The predicted molar refractivity (Wildman–Crippen MR) is 99.1 cm³/mol. The smallest absolute Gasteiger partial charge is 0.254 e. The van der Waals surface area contributed by atoms with E-state index in [1.165, 1.54) is 0 Å². The number of aromatic nitrogens is 1. The lowest BCUT2D eigenvalue weighted by Gasteiger charge is -2.14. The molecule has 2 rings (SSSR count). The van der Waals surface area contributed by atoms with Gasteiger partial charge in [-0.2, -0.15) is 0 Å². The number of carbonyl (C=O) groups excluding carboxylic acids is 2. The van der Waals surface area contributed by atoms with Crippen LogP contribution in [0.1, 0.15) is 43.2 Å². The number of carbonyl (C=O) groups is 2. The Morgan fingerprint density at radius 2 is 2.00 bits per heavy atom. The number of fused-ring (bicyclic) bond motifs is 1. The Morgan fingerprint density at radius 1 is 1.28 bits per heavy atom. The minimum absolute atomic E-state index is 0.176. The molecule has 0 fully saturated rings. The number of ether oxygens (including phenoxy) is 1. The number of rotatable bonds is 7. The summed E-state index contributed by atoms with van der Waals surface area (Å²) >= 11 is 0. The summed E-state index contributed by atoms with van der Waals surface area (Å²) in [6.07, 6.45) is 0.856. The maximum atomic E-state index is 12.9. The minimum Gasteiger partial charge on any atom is -0.497 e. The fourth-order valence-corrected chi connectivity index (χ4v) is 3.02. The average Bonchev–Trinajstić information content (AvgIpc) is 2.89. The van der Waals surface area contributed by atoms with Crippen LogP contribution in [0, 0.1) is 6.92 Å². The maximum absolute atomic E-state index is 12.9. The summed E-state index contributed by atoms with van der Waals surface area (Å²) in [5.41, 5.74) is 2.45. The molecule has 1 aromatic carbocycles. The molecular formula is C19H27N3O3. The molecule has 1 heterocycles. The Labute approximate surface area is 148 Å². The molecule has 1 aromatic heterocycles. The van der Waals surface area contributed by atoms with Gasteiger partial charge in [-0.1, -0.05) is 6.92 Å². The summed E-state index contributed by atoms with van der Waals surface area (Å²) in [5, 5.41) is 6.43. The third-order valence-electron chi connectivity index (χ3n) is 4.36. The molecule has 0 aliphatic rings. The molecule has 0 radical (unpaired) electrons. The Morgan fingerprint density at radius 3 is 2.60 bits per heavy atom. The normalized spacial score (nSPS) is 12.0. The summed E-state index contributed by atoms with van der Waals surface area (Å²) in [6.45, 7) is 9.00. The van der Waals surface area contributed by atoms with E-state index in [1.54, 1.807) is 14.0 Å². The van der Waals surface area contributed by atoms with Gasteiger partial charge in [0.2, 0.25) is 5.91 Å². The Kier molecular flexibility index (Phi) is 6.07. The summed E-state index contributed by atoms with van der Waals surface area (Å²) in [7, 11) is 1.60. The van der Waals surface area contributed by atoms with Crippen molar-refractivity contribution in [3.8, 4) is 5.75 Å². The van der Waals surface area contributed by atoms with Gasteiger partial charge in [0.05, 0.1) is 12.7 Å². The van der Waals surface area contributed by atoms with E-state index in [9.17, 15) is 9.59 Å². The molecule has 0 saturated heterocycles. The first kappa shape index (κ1) is 18.8. The van der Waals surface area contributed by atoms with Crippen molar-refractivity contribution in [1.29, 1.82) is 0 Å². The summed E-state index contributed by atoms with van der Waals surface area (Å²) < 4.78 is 7.39. The Hall–Kier alpha value is -2.50. The largest absolute Gasteiger partial charge is 0.497 e. The molecule has 2 N–H and O–H groups in total. The van der Waals surface area contributed by atoms with Crippen LogP contribution < -0.4 is 15.4 Å². The van der Waals surface area contributed by atoms with Crippen molar-refractivity contribution in [2.45, 2.75) is 46.7 Å². The van der Waals surface area contributed by atoms with Crippen LogP contribution >= 0.6 is 0 Å². The number of benzene rings is 1. The lowest BCUT2D eigenvalue weighted by molar-refractivity contribution is -0.122. The van der Waals surface area contributed by atoms with Gasteiger partial charge in [0.25, 0.3) is 5.91 Å². The van der Waals surface area contributed by atoms with E-state index in [2.05, 4.69) is 15.2 Å². The summed E-state index contributed by atoms with van der Waals surface area (Å²) in [5.74, 6) is 0.273. The van der Waals surface area contributed by atoms with Crippen molar-refractivity contribution in [2.75, 3.05) is 13.7 Å². The highest BCUT2D eigenvalue weighted by Gasteiger charge is 2.23. The predicted octanol–water partition coefficient (Wildman–Crippen LogP) is 2.62. The van der Waals surface area contributed by atoms with Gasteiger partial charge in [0.15, 0.2) is 0 Å². The summed E-state index contributed by atoms with van der Waals surface area (Å²) in [4.78, 5) is 24.9. The highest BCUT2D eigenvalue weighted by atomic mass is 16.5. The number of nitrogens with zero attached hydrogens (tertiary/aromatic N) is 1. The van der Waals surface area contributed by atoms with E-state index in [0.717, 1.165) is 29.6 Å². The molecule has 25 heavy (non-hydrogen) atoms. The third kappa shape index (κ3) is 3.78. The van der Waals surface area contributed by atoms with Crippen molar-refractivity contribution < 1.29 is 14.3 Å². The van der Waals surface area contributed by atoms with Crippen LogP contribution in [0.4, 0.5) is 0 Å². The van der Waals surface area contributed by atoms with Gasteiger partial charge in [-0.25, -0.2) is 0 Å².